The van der Waals surface area contributed by atoms with Crippen molar-refractivity contribution in [3.05, 3.63) is 28.8 Å². The van der Waals surface area contributed by atoms with Crippen LogP contribution in [0.15, 0.2) is 23.1 Å². The lowest BCUT2D eigenvalue weighted by atomic mass is 10.2. The number of hydrogen-bond acceptors (Lipinski definition) is 4. The van der Waals surface area contributed by atoms with Crippen molar-refractivity contribution in [1.82, 2.24) is 9.62 Å². The molecule has 2 aliphatic rings. The molecule has 1 aromatic carbocycles. The van der Waals surface area contributed by atoms with Crippen LogP contribution in [-0.4, -0.2) is 50.5 Å². The summed E-state index contributed by atoms with van der Waals surface area (Å²) in [6, 6.07) is 4.38. The monoisotopic (exact) mass is 386 g/mol. The summed E-state index contributed by atoms with van der Waals surface area (Å²) in [7, 11) is -3.79. The molecule has 0 aromatic heterocycles. The normalized spacial score (nSPS) is 24.9. The third-order valence-corrected chi connectivity index (χ3v) is 6.76. The van der Waals surface area contributed by atoms with Crippen molar-refractivity contribution in [3.8, 4) is 0 Å². The van der Waals surface area contributed by atoms with Crippen molar-refractivity contribution in [1.29, 1.82) is 0 Å². The highest BCUT2D eigenvalue weighted by molar-refractivity contribution is 7.89. The van der Waals surface area contributed by atoms with Gasteiger partial charge in [0.2, 0.25) is 10.0 Å². The molecule has 1 aliphatic heterocycles. The van der Waals surface area contributed by atoms with Gasteiger partial charge in [-0.25, -0.2) is 8.42 Å². The van der Waals surface area contributed by atoms with Crippen LogP contribution in [0.3, 0.4) is 0 Å². The maximum atomic E-state index is 13.0. The van der Waals surface area contributed by atoms with E-state index in [9.17, 15) is 13.2 Å². The molecule has 0 spiro atoms. The molecule has 1 aliphatic carbocycles. The smallest absolute Gasteiger partial charge is 0.251 e. The standard InChI is InChI=1S/C17H23ClN2O4S/c1-11-9-20(10-12(2)24-11)25(22,23)16-7-14(5-6-15(16)18)17(21)19-8-13-3-4-13/h5-7,11-13H,3-4,8-10H2,1-2H3,(H,19,21). The van der Waals surface area contributed by atoms with Crippen molar-refractivity contribution in [2.45, 2.75) is 43.8 Å². The molecule has 3 rings (SSSR count). The first-order valence-corrected chi connectivity index (χ1v) is 10.3. The lowest BCUT2D eigenvalue weighted by molar-refractivity contribution is -0.0440. The lowest BCUT2D eigenvalue weighted by Gasteiger charge is -2.34. The van der Waals surface area contributed by atoms with E-state index in [0.717, 1.165) is 12.8 Å². The van der Waals surface area contributed by atoms with Crippen LogP contribution >= 0.6 is 11.6 Å². The van der Waals surface area contributed by atoms with E-state index < -0.39 is 10.0 Å². The maximum Gasteiger partial charge on any atom is 0.251 e. The van der Waals surface area contributed by atoms with Gasteiger partial charge in [0, 0.05) is 25.2 Å². The summed E-state index contributed by atoms with van der Waals surface area (Å²) in [5.41, 5.74) is 0.304. The molecule has 2 fully saturated rings. The van der Waals surface area contributed by atoms with E-state index in [1.807, 2.05) is 13.8 Å². The topological polar surface area (TPSA) is 75.7 Å². The summed E-state index contributed by atoms with van der Waals surface area (Å²) in [6.45, 7) is 4.83. The molecule has 1 aromatic rings. The van der Waals surface area contributed by atoms with Gasteiger partial charge >= 0.3 is 0 Å². The second kappa shape index (κ2) is 7.23. The van der Waals surface area contributed by atoms with Gasteiger partial charge in [0.05, 0.1) is 17.2 Å². The predicted molar refractivity (Wildman–Crippen MR) is 95.3 cm³/mol. The fourth-order valence-corrected chi connectivity index (χ4v) is 5.06. The zero-order valence-electron chi connectivity index (χ0n) is 14.4. The van der Waals surface area contributed by atoms with Crippen LogP contribution < -0.4 is 5.32 Å². The molecule has 0 radical (unpaired) electrons. The Hall–Kier alpha value is -1.15. The second-order valence-corrected chi connectivity index (χ2v) is 9.19. The molecule has 1 amide bonds. The van der Waals surface area contributed by atoms with Gasteiger partial charge < -0.3 is 10.1 Å². The number of ether oxygens (including phenoxy) is 1. The van der Waals surface area contributed by atoms with Crippen LogP contribution in [0.2, 0.25) is 5.02 Å². The number of carbonyl (C=O) groups excluding carboxylic acids is 1. The number of hydrogen-bond donors (Lipinski definition) is 1. The summed E-state index contributed by atoms with van der Waals surface area (Å²) in [6.07, 6.45) is 1.88. The van der Waals surface area contributed by atoms with E-state index in [0.29, 0.717) is 18.0 Å². The van der Waals surface area contributed by atoms with Gasteiger partial charge in [0.15, 0.2) is 0 Å². The number of nitrogens with zero attached hydrogens (tertiary/aromatic N) is 1. The van der Waals surface area contributed by atoms with Crippen molar-refractivity contribution in [3.63, 3.8) is 0 Å². The first-order valence-electron chi connectivity index (χ1n) is 8.50. The Morgan fingerprint density at radius 3 is 2.52 bits per heavy atom. The number of amides is 1. The Morgan fingerprint density at radius 2 is 1.92 bits per heavy atom. The minimum Gasteiger partial charge on any atom is -0.373 e. The minimum absolute atomic E-state index is 0.0328. The number of rotatable bonds is 5. The third-order valence-electron chi connectivity index (χ3n) is 4.45. The van der Waals surface area contributed by atoms with E-state index in [1.165, 1.54) is 16.4 Å². The molecule has 1 saturated heterocycles. The maximum absolute atomic E-state index is 13.0. The van der Waals surface area contributed by atoms with Crippen LogP contribution in [0.25, 0.3) is 0 Å². The quantitative estimate of drug-likeness (QED) is 0.842. The number of benzene rings is 1. The minimum atomic E-state index is -3.79. The zero-order valence-corrected chi connectivity index (χ0v) is 15.9. The molecule has 0 bridgehead atoms. The fraction of sp³-hybridized carbons (Fsp3) is 0.588. The number of nitrogens with one attached hydrogen (secondary N) is 1. The van der Waals surface area contributed by atoms with Gasteiger partial charge in [-0.15, -0.1) is 0 Å². The van der Waals surface area contributed by atoms with E-state index in [-0.39, 0.29) is 41.1 Å². The number of halogens is 1. The molecule has 2 atom stereocenters. The lowest BCUT2D eigenvalue weighted by Crippen LogP contribution is -2.48. The molecule has 1 heterocycles. The Balaban J connectivity index is 1.84. The Labute approximate surface area is 153 Å². The Bertz CT molecular complexity index is 754. The van der Waals surface area contributed by atoms with Gasteiger partial charge in [0.1, 0.15) is 4.90 Å². The highest BCUT2D eigenvalue weighted by Crippen LogP contribution is 2.29. The first kappa shape index (κ1) is 18.6. The Kier molecular flexibility index (Phi) is 5.39. The number of sulfonamides is 1. The summed E-state index contributed by atoms with van der Waals surface area (Å²) in [5.74, 6) is 0.277. The summed E-state index contributed by atoms with van der Waals surface area (Å²) < 4.78 is 33.0. The van der Waals surface area contributed by atoms with Crippen LogP contribution in [0.1, 0.15) is 37.0 Å². The summed E-state index contributed by atoms with van der Waals surface area (Å²) >= 11 is 6.15. The van der Waals surface area contributed by atoms with E-state index in [2.05, 4.69) is 5.32 Å². The highest BCUT2D eigenvalue weighted by Gasteiger charge is 2.34. The van der Waals surface area contributed by atoms with Crippen molar-refractivity contribution >= 4 is 27.5 Å². The van der Waals surface area contributed by atoms with E-state index in [4.69, 9.17) is 16.3 Å². The largest absolute Gasteiger partial charge is 0.373 e. The summed E-state index contributed by atoms with van der Waals surface area (Å²) in [5, 5.41) is 2.96. The average molecular weight is 387 g/mol. The number of morpholine rings is 1. The predicted octanol–water partition coefficient (Wildman–Crippen LogP) is 2.28. The molecular formula is C17H23ClN2O4S. The van der Waals surface area contributed by atoms with Crippen molar-refractivity contribution in [2.24, 2.45) is 5.92 Å². The molecule has 6 nitrogen and oxygen atoms in total. The van der Waals surface area contributed by atoms with Crippen LogP contribution in [-0.2, 0) is 14.8 Å². The first-order chi connectivity index (χ1) is 11.8. The second-order valence-electron chi connectivity index (χ2n) is 6.88. The average Bonchev–Trinajstić information content (AvgIpc) is 3.36. The molecule has 25 heavy (non-hydrogen) atoms. The van der Waals surface area contributed by atoms with Crippen LogP contribution in [0.5, 0.6) is 0 Å². The van der Waals surface area contributed by atoms with Crippen LogP contribution in [0, 0.1) is 5.92 Å². The molecular weight excluding hydrogens is 364 g/mol. The summed E-state index contributed by atoms with van der Waals surface area (Å²) in [4.78, 5) is 12.2. The molecule has 8 heteroatoms. The zero-order chi connectivity index (χ0) is 18.2. The van der Waals surface area contributed by atoms with E-state index in [1.54, 1.807) is 6.07 Å². The Morgan fingerprint density at radius 1 is 1.28 bits per heavy atom. The molecule has 1 saturated carbocycles. The van der Waals surface area contributed by atoms with Gasteiger partial charge in [-0.1, -0.05) is 11.6 Å². The van der Waals surface area contributed by atoms with Gasteiger partial charge in [-0.2, -0.15) is 4.31 Å². The van der Waals surface area contributed by atoms with Crippen LogP contribution in [0.4, 0.5) is 0 Å². The molecule has 2 unspecified atom stereocenters. The third kappa shape index (κ3) is 4.34. The van der Waals surface area contributed by atoms with Crippen molar-refractivity contribution < 1.29 is 17.9 Å². The molecule has 138 valence electrons. The highest BCUT2D eigenvalue weighted by atomic mass is 35.5. The van der Waals surface area contributed by atoms with Crippen molar-refractivity contribution in [2.75, 3.05) is 19.6 Å². The van der Waals surface area contributed by atoms with Gasteiger partial charge in [-0.3, -0.25) is 4.79 Å². The van der Waals surface area contributed by atoms with E-state index >= 15 is 0 Å². The SMILES string of the molecule is CC1CN(S(=O)(=O)c2cc(C(=O)NCC3CC3)ccc2Cl)CC(C)O1. The van der Waals surface area contributed by atoms with Gasteiger partial charge in [-0.05, 0) is 50.8 Å². The van der Waals surface area contributed by atoms with Gasteiger partial charge in [0.25, 0.3) is 5.91 Å². The number of carbonyl (C=O) groups is 1. The molecule has 1 N–H and O–H groups in total. The fourth-order valence-electron chi connectivity index (χ4n) is 2.97.